The molecule has 0 saturated carbocycles. The van der Waals surface area contributed by atoms with E-state index in [2.05, 4.69) is 0 Å². The van der Waals surface area contributed by atoms with Crippen LogP contribution in [0.4, 0.5) is 0 Å². The molecule has 5 nitrogen and oxygen atoms in total. The Bertz CT molecular complexity index is 390. The van der Waals surface area contributed by atoms with Gasteiger partial charge in [-0.2, -0.15) is 0 Å². The largest absolute Gasteiger partial charge is 0.494 e. The number of ether oxygens (including phenoxy) is 3. The third-order valence-electron chi connectivity index (χ3n) is 2.20. The fraction of sp³-hybridized carbons (Fsp3) is 0.462. The molecule has 1 aromatic carbocycles. The van der Waals surface area contributed by atoms with Crippen molar-refractivity contribution in [2.45, 2.75) is 20.8 Å². The van der Waals surface area contributed by atoms with E-state index in [1.807, 2.05) is 20.8 Å². The summed E-state index contributed by atoms with van der Waals surface area (Å²) in [6, 6.07) is 3.30. The molecule has 100 valence electrons. The summed E-state index contributed by atoms with van der Waals surface area (Å²) in [5.41, 5.74) is 5.61. The van der Waals surface area contributed by atoms with Gasteiger partial charge in [-0.3, -0.25) is 4.79 Å². The standard InChI is InChI=1S/C13H19NO4/c1-4-16-9-7-10(17-5-2)12(13(14)15)11(8-9)18-6-3/h7-8H,4-6H2,1-3H3,(H2,14,15). The van der Waals surface area contributed by atoms with Gasteiger partial charge in [-0.15, -0.1) is 0 Å². The maximum absolute atomic E-state index is 11.5. The molecule has 0 aliphatic heterocycles. The third kappa shape index (κ3) is 3.29. The number of hydrogen-bond acceptors (Lipinski definition) is 4. The maximum Gasteiger partial charge on any atom is 0.256 e. The van der Waals surface area contributed by atoms with Crippen molar-refractivity contribution in [3.63, 3.8) is 0 Å². The van der Waals surface area contributed by atoms with Gasteiger partial charge < -0.3 is 19.9 Å². The molecule has 0 spiro atoms. The Morgan fingerprint density at radius 2 is 1.44 bits per heavy atom. The summed E-state index contributed by atoms with van der Waals surface area (Å²) in [6.45, 7) is 6.93. The van der Waals surface area contributed by atoms with E-state index in [1.165, 1.54) is 0 Å². The maximum atomic E-state index is 11.5. The molecule has 0 atom stereocenters. The molecule has 1 amide bonds. The fourth-order valence-corrected chi connectivity index (χ4v) is 1.60. The molecule has 0 heterocycles. The molecule has 0 bridgehead atoms. The van der Waals surface area contributed by atoms with Gasteiger partial charge in [0.05, 0.1) is 19.8 Å². The highest BCUT2D eigenvalue weighted by Gasteiger charge is 2.18. The third-order valence-corrected chi connectivity index (χ3v) is 2.20. The van der Waals surface area contributed by atoms with Crippen LogP contribution in [0.25, 0.3) is 0 Å². The van der Waals surface area contributed by atoms with Gasteiger partial charge in [0, 0.05) is 12.1 Å². The lowest BCUT2D eigenvalue weighted by molar-refractivity contribution is 0.0992. The zero-order valence-corrected chi connectivity index (χ0v) is 11.0. The smallest absolute Gasteiger partial charge is 0.256 e. The van der Waals surface area contributed by atoms with E-state index in [0.29, 0.717) is 37.1 Å². The van der Waals surface area contributed by atoms with E-state index in [-0.39, 0.29) is 5.56 Å². The molecule has 0 saturated heterocycles. The van der Waals surface area contributed by atoms with Crippen molar-refractivity contribution in [2.75, 3.05) is 19.8 Å². The van der Waals surface area contributed by atoms with Gasteiger partial charge in [-0.1, -0.05) is 0 Å². The van der Waals surface area contributed by atoms with Gasteiger partial charge >= 0.3 is 0 Å². The van der Waals surface area contributed by atoms with E-state index in [4.69, 9.17) is 19.9 Å². The monoisotopic (exact) mass is 253 g/mol. The molecule has 5 heteroatoms. The highest BCUT2D eigenvalue weighted by atomic mass is 16.5. The van der Waals surface area contributed by atoms with Crippen molar-refractivity contribution >= 4 is 5.91 Å². The normalized spacial score (nSPS) is 9.94. The Kier molecular flexibility index (Phi) is 5.30. The summed E-state index contributed by atoms with van der Waals surface area (Å²) in [6.07, 6.45) is 0. The summed E-state index contributed by atoms with van der Waals surface area (Å²) in [4.78, 5) is 11.5. The summed E-state index contributed by atoms with van der Waals surface area (Å²) in [5, 5.41) is 0. The Morgan fingerprint density at radius 1 is 1.00 bits per heavy atom. The quantitative estimate of drug-likeness (QED) is 0.806. The lowest BCUT2D eigenvalue weighted by Crippen LogP contribution is -2.15. The first-order chi connectivity index (χ1) is 8.63. The number of benzene rings is 1. The number of carbonyl (C=O) groups is 1. The molecular formula is C13H19NO4. The molecule has 1 rings (SSSR count). The van der Waals surface area contributed by atoms with E-state index in [1.54, 1.807) is 12.1 Å². The minimum atomic E-state index is -0.579. The molecule has 0 aliphatic carbocycles. The van der Waals surface area contributed by atoms with Gasteiger partial charge in [0.1, 0.15) is 22.8 Å². The lowest BCUT2D eigenvalue weighted by atomic mass is 10.1. The number of carbonyl (C=O) groups excluding carboxylic acids is 1. The molecule has 0 radical (unpaired) electrons. The molecule has 0 aromatic heterocycles. The van der Waals surface area contributed by atoms with Crippen LogP contribution in [0.1, 0.15) is 31.1 Å². The van der Waals surface area contributed by atoms with Crippen molar-refractivity contribution < 1.29 is 19.0 Å². The topological polar surface area (TPSA) is 70.8 Å². The molecule has 0 fully saturated rings. The van der Waals surface area contributed by atoms with Crippen LogP contribution in [0.5, 0.6) is 17.2 Å². The summed E-state index contributed by atoms with van der Waals surface area (Å²) >= 11 is 0. The van der Waals surface area contributed by atoms with Crippen molar-refractivity contribution in [2.24, 2.45) is 5.73 Å². The minimum absolute atomic E-state index is 0.252. The van der Waals surface area contributed by atoms with Crippen LogP contribution in [0.3, 0.4) is 0 Å². The summed E-state index contributed by atoms with van der Waals surface area (Å²) < 4.78 is 16.2. The molecule has 0 unspecified atom stereocenters. The number of amides is 1. The van der Waals surface area contributed by atoms with Crippen LogP contribution in [0, 0.1) is 0 Å². The SMILES string of the molecule is CCOc1cc(OCC)c(C(N)=O)c(OCC)c1. The van der Waals surface area contributed by atoms with Crippen molar-refractivity contribution in [1.29, 1.82) is 0 Å². The van der Waals surface area contributed by atoms with Crippen LogP contribution in [0.15, 0.2) is 12.1 Å². The first-order valence-electron chi connectivity index (χ1n) is 6.00. The van der Waals surface area contributed by atoms with E-state index in [9.17, 15) is 4.79 Å². The number of primary amides is 1. The second-order valence-corrected chi connectivity index (χ2v) is 3.46. The number of rotatable bonds is 7. The zero-order chi connectivity index (χ0) is 13.5. The Morgan fingerprint density at radius 3 is 1.78 bits per heavy atom. The lowest BCUT2D eigenvalue weighted by Gasteiger charge is -2.15. The summed E-state index contributed by atoms with van der Waals surface area (Å²) in [5.74, 6) is 0.790. The van der Waals surface area contributed by atoms with E-state index < -0.39 is 5.91 Å². The average Bonchev–Trinajstić information content (AvgIpc) is 2.29. The van der Waals surface area contributed by atoms with E-state index >= 15 is 0 Å². The van der Waals surface area contributed by atoms with Crippen LogP contribution >= 0.6 is 0 Å². The van der Waals surface area contributed by atoms with Gasteiger partial charge in [0.2, 0.25) is 0 Å². The molecule has 1 aromatic rings. The molecular weight excluding hydrogens is 234 g/mol. The van der Waals surface area contributed by atoms with Crippen molar-refractivity contribution in [3.8, 4) is 17.2 Å². The highest BCUT2D eigenvalue weighted by molar-refractivity contribution is 5.98. The minimum Gasteiger partial charge on any atom is -0.494 e. The molecule has 2 N–H and O–H groups in total. The van der Waals surface area contributed by atoms with E-state index in [0.717, 1.165) is 0 Å². The number of hydrogen-bond donors (Lipinski definition) is 1. The predicted molar refractivity (Wildman–Crippen MR) is 68.5 cm³/mol. The zero-order valence-electron chi connectivity index (χ0n) is 11.0. The Hall–Kier alpha value is -1.91. The number of nitrogens with two attached hydrogens (primary N) is 1. The van der Waals surface area contributed by atoms with Crippen LogP contribution in [-0.2, 0) is 0 Å². The van der Waals surface area contributed by atoms with Gasteiger partial charge in [0.25, 0.3) is 5.91 Å². The predicted octanol–water partition coefficient (Wildman–Crippen LogP) is 1.98. The Labute approximate surface area is 107 Å². The molecule has 18 heavy (non-hydrogen) atoms. The fourth-order valence-electron chi connectivity index (χ4n) is 1.60. The van der Waals surface area contributed by atoms with Crippen LogP contribution in [-0.4, -0.2) is 25.7 Å². The van der Waals surface area contributed by atoms with Crippen molar-refractivity contribution in [3.05, 3.63) is 17.7 Å². The van der Waals surface area contributed by atoms with Gasteiger partial charge in [0.15, 0.2) is 0 Å². The second-order valence-electron chi connectivity index (χ2n) is 3.46. The Balaban J connectivity index is 3.29. The van der Waals surface area contributed by atoms with Crippen LogP contribution < -0.4 is 19.9 Å². The highest BCUT2D eigenvalue weighted by Crippen LogP contribution is 2.34. The van der Waals surface area contributed by atoms with Gasteiger partial charge in [-0.25, -0.2) is 0 Å². The van der Waals surface area contributed by atoms with Crippen LogP contribution in [0.2, 0.25) is 0 Å². The first kappa shape index (κ1) is 14.2. The average molecular weight is 253 g/mol. The van der Waals surface area contributed by atoms with Crippen molar-refractivity contribution in [1.82, 2.24) is 0 Å². The molecule has 0 aliphatic rings. The summed E-state index contributed by atoms with van der Waals surface area (Å²) in [7, 11) is 0. The first-order valence-corrected chi connectivity index (χ1v) is 6.00. The second kappa shape index (κ2) is 6.74. The van der Waals surface area contributed by atoms with Gasteiger partial charge in [-0.05, 0) is 20.8 Å².